The summed E-state index contributed by atoms with van der Waals surface area (Å²) in [6, 6.07) is 10.1. The molecule has 0 aliphatic rings. The highest BCUT2D eigenvalue weighted by Crippen LogP contribution is 2.33. The van der Waals surface area contributed by atoms with Crippen molar-refractivity contribution >= 4 is 40.8 Å². The Morgan fingerprint density at radius 2 is 1.92 bits per heavy atom. The third kappa shape index (κ3) is 5.10. The van der Waals surface area contributed by atoms with E-state index >= 15 is 0 Å². The quantitative estimate of drug-likeness (QED) is 0.850. The van der Waals surface area contributed by atoms with E-state index in [4.69, 9.17) is 22.1 Å². The number of hydrogen-bond donors (Lipinski definition) is 2. The van der Waals surface area contributed by atoms with Gasteiger partial charge in [-0.2, -0.15) is 0 Å². The van der Waals surface area contributed by atoms with Crippen LogP contribution in [0.5, 0.6) is 0 Å². The van der Waals surface area contributed by atoms with Crippen LogP contribution < -0.4 is 16.0 Å². The first kappa shape index (κ1) is 19.5. The highest BCUT2D eigenvalue weighted by atomic mass is 35.5. The van der Waals surface area contributed by atoms with Crippen molar-refractivity contribution in [2.45, 2.75) is 26.4 Å². The van der Waals surface area contributed by atoms with Crippen LogP contribution in [-0.4, -0.2) is 29.1 Å². The number of nitrogen functional groups attached to an aromatic ring is 1. The number of nitrogens with zero attached hydrogens (tertiary/aromatic N) is 2. The minimum Gasteiger partial charge on any atom is -0.444 e. The van der Waals surface area contributed by atoms with Gasteiger partial charge in [-0.05, 0) is 45.0 Å². The maximum Gasteiger partial charge on any atom is 0.408 e. The van der Waals surface area contributed by atoms with Gasteiger partial charge in [0.2, 0.25) is 0 Å². The van der Waals surface area contributed by atoms with Gasteiger partial charge in [-0.25, -0.2) is 9.78 Å². The van der Waals surface area contributed by atoms with E-state index in [0.29, 0.717) is 16.4 Å². The van der Waals surface area contributed by atoms with Crippen molar-refractivity contribution in [3.8, 4) is 0 Å². The number of halogens is 1. The molecule has 0 aliphatic carbocycles. The van der Waals surface area contributed by atoms with Gasteiger partial charge in [-0.15, -0.1) is 0 Å². The maximum absolute atomic E-state index is 12.8. The first-order valence-electron chi connectivity index (χ1n) is 7.94. The number of amides is 2. The Hall–Kier alpha value is -2.80. The van der Waals surface area contributed by atoms with E-state index in [1.807, 2.05) is 0 Å². The number of carbonyl (C=O) groups is 2. The number of para-hydroxylation sites is 1. The summed E-state index contributed by atoms with van der Waals surface area (Å²) in [5.41, 5.74) is 6.02. The van der Waals surface area contributed by atoms with Crippen molar-refractivity contribution in [3.05, 3.63) is 47.6 Å². The summed E-state index contributed by atoms with van der Waals surface area (Å²) in [7, 11) is 0. The first-order chi connectivity index (χ1) is 12.2. The predicted octanol–water partition coefficient (Wildman–Crippen LogP) is 3.51. The van der Waals surface area contributed by atoms with Crippen LogP contribution in [0, 0.1) is 0 Å². The van der Waals surface area contributed by atoms with E-state index in [-0.39, 0.29) is 12.4 Å². The number of nitrogens with one attached hydrogen (secondary N) is 1. The highest BCUT2D eigenvalue weighted by Gasteiger charge is 2.24. The van der Waals surface area contributed by atoms with Gasteiger partial charge < -0.3 is 15.8 Å². The second-order valence-corrected chi connectivity index (χ2v) is 6.86. The number of hydrogen-bond acceptors (Lipinski definition) is 5. The van der Waals surface area contributed by atoms with Gasteiger partial charge in [0.05, 0.1) is 16.4 Å². The third-order valence-electron chi connectivity index (χ3n) is 3.15. The summed E-state index contributed by atoms with van der Waals surface area (Å²) >= 11 is 6.24. The molecule has 2 rings (SSSR count). The molecule has 138 valence electrons. The van der Waals surface area contributed by atoms with Gasteiger partial charge in [0, 0.05) is 6.20 Å². The average molecular weight is 377 g/mol. The molecule has 7 nitrogen and oxygen atoms in total. The molecule has 1 aromatic heterocycles. The largest absolute Gasteiger partial charge is 0.444 e. The molecule has 1 heterocycles. The second-order valence-electron chi connectivity index (χ2n) is 6.45. The molecule has 0 saturated heterocycles. The standard InChI is InChI=1S/C18H21ClN4O3/c1-18(2,3)26-17(25)22-11-15(24)23(14-9-5-4-7-12(14)19)16-13(20)8-6-10-21-16/h4-10H,11,20H2,1-3H3,(H,22,25). The Morgan fingerprint density at radius 1 is 1.23 bits per heavy atom. The zero-order valence-corrected chi connectivity index (χ0v) is 15.6. The van der Waals surface area contributed by atoms with Gasteiger partial charge in [0.25, 0.3) is 5.91 Å². The number of rotatable bonds is 4. The van der Waals surface area contributed by atoms with Gasteiger partial charge in [0.1, 0.15) is 12.1 Å². The summed E-state index contributed by atoms with van der Waals surface area (Å²) in [6.07, 6.45) is 0.823. The molecular formula is C18H21ClN4O3. The highest BCUT2D eigenvalue weighted by molar-refractivity contribution is 6.34. The van der Waals surface area contributed by atoms with E-state index < -0.39 is 17.6 Å². The molecule has 26 heavy (non-hydrogen) atoms. The number of anilines is 3. The molecule has 0 fully saturated rings. The fourth-order valence-electron chi connectivity index (χ4n) is 2.14. The second kappa shape index (κ2) is 8.05. The van der Waals surface area contributed by atoms with Crippen LogP contribution in [-0.2, 0) is 9.53 Å². The van der Waals surface area contributed by atoms with E-state index in [0.717, 1.165) is 0 Å². The molecule has 3 N–H and O–H groups in total. The summed E-state index contributed by atoms with van der Waals surface area (Å²) in [6.45, 7) is 4.90. The van der Waals surface area contributed by atoms with E-state index in [2.05, 4.69) is 10.3 Å². The average Bonchev–Trinajstić information content (AvgIpc) is 2.55. The van der Waals surface area contributed by atoms with E-state index in [1.165, 1.54) is 11.1 Å². The lowest BCUT2D eigenvalue weighted by atomic mass is 10.2. The molecule has 1 aromatic carbocycles. The van der Waals surface area contributed by atoms with Crippen LogP contribution in [0.25, 0.3) is 0 Å². The topological polar surface area (TPSA) is 97.5 Å². The summed E-state index contributed by atoms with van der Waals surface area (Å²) in [4.78, 5) is 30.1. The SMILES string of the molecule is CC(C)(C)OC(=O)NCC(=O)N(c1ccccc1Cl)c1ncccc1N. The molecular weight excluding hydrogens is 356 g/mol. The number of alkyl carbamates (subject to hydrolysis) is 1. The zero-order valence-electron chi connectivity index (χ0n) is 14.8. The Morgan fingerprint density at radius 3 is 2.54 bits per heavy atom. The number of aromatic nitrogens is 1. The van der Waals surface area contributed by atoms with Gasteiger partial charge in [-0.1, -0.05) is 23.7 Å². The predicted molar refractivity (Wildman–Crippen MR) is 101 cm³/mol. The lowest BCUT2D eigenvalue weighted by Crippen LogP contribution is -2.40. The molecule has 2 aromatic rings. The number of ether oxygens (including phenoxy) is 1. The minimum atomic E-state index is -0.695. The molecule has 0 bridgehead atoms. The van der Waals surface area contributed by atoms with Crippen molar-refractivity contribution in [2.75, 3.05) is 17.2 Å². The first-order valence-corrected chi connectivity index (χ1v) is 8.31. The molecule has 0 saturated carbocycles. The number of carbonyl (C=O) groups excluding carboxylic acids is 2. The van der Waals surface area contributed by atoms with E-state index in [9.17, 15) is 9.59 Å². The Bertz CT molecular complexity index is 760. The monoisotopic (exact) mass is 376 g/mol. The number of pyridine rings is 1. The summed E-state index contributed by atoms with van der Waals surface area (Å²) in [5.74, 6) is -0.231. The minimum absolute atomic E-state index is 0.233. The number of benzene rings is 1. The van der Waals surface area contributed by atoms with Crippen LogP contribution in [0.3, 0.4) is 0 Å². The lowest BCUT2D eigenvalue weighted by Gasteiger charge is -2.25. The third-order valence-corrected chi connectivity index (χ3v) is 3.47. The molecule has 0 atom stereocenters. The van der Waals surface area contributed by atoms with Gasteiger partial charge in [0.15, 0.2) is 5.82 Å². The molecule has 2 amide bonds. The summed E-state index contributed by atoms with van der Waals surface area (Å²) < 4.78 is 5.14. The van der Waals surface area contributed by atoms with Crippen LogP contribution in [0.15, 0.2) is 42.6 Å². The van der Waals surface area contributed by atoms with Crippen LogP contribution in [0.4, 0.5) is 22.0 Å². The van der Waals surface area contributed by atoms with Crippen molar-refractivity contribution in [1.82, 2.24) is 10.3 Å². The molecule has 8 heteroatoms. The zero-order chi connectivity index (χ0) is 19.3. The van der Waals surface area contributed by atoms with Gasteiger partial charge >= 0.3 is 6.09 Å². The molecule has 0 unspecified atom stereocenters. The lowest BCUT2D eigenvalue weighted by molar-refractivity contribution is -0.117. The molecule has 0 radical (unpaired) electrons. The smallest absolute Gasteiger partial charge is 0.408 e. The molecule has 0 aliphatic heterocycles. The van der Waals surface area contributed by atoms with Crippen molar-refractivity contribution in [3.63, 3.8) is 0 Å². The van der Waals surface area contributed by atoms with Crippen LogP contribution in [0.2, 0.25) is 5.02 Å². The normalized spacial score (nSPS) is 10.9. The molecule has 0 spiro atoms. The number of nitrogens with two attached hydrogens (primary N) is 1. The van der Waals surface area contributed by atoms with Crippen molar-refractivity contribution in [2.24, 2.45) is 0 Å². The van der Waals surface area contributed by atoms with Crippen molar-refractivity contribution < 1.29 is 14.3 Å². The van der Waals surface area contributed by atoms with Crippen LogP contribution in [0.1, 0.15) is 20.8 Å². The Kier molecular flexibility index (Phi) is 6.05. The van der Waals surface area contributed by atoms with Crippen molar-refractivity contribution in [1.29, 1.82) is 0 Å². The van der Waals surface area contributed by atoms with Gasteiger partial charge in [-0.3, -0.25) is 9.69 Å². The fourth-order valence-corrected chi connectivity index (χ4v) is 2.36. The Balaban J connectivity index is 2.28. The van der Waals surface area contributed by atoms with E-state index in [1.54, 1.807) is 57.2 Å². The summed E-state index contributed by atoms with van der Waals surface area (Å²) in [5, 5.41) is 2.78. The maximum atomic E-state index is 12.8. The Labute approximate surface area is 157 Å². The van der Waals surface area contributed by atoms with Crippen LogP contribution >= 0.6 is 11.6 Å². The fraction of sp³-hybridized carbons (Fsp3) is 0.278.